The van der Waals surface area contributed by atoms with Crippen molar-refractivity contribution in [3.8, 4) is 0 Å². The van der Waals surface area contributed by atoms with E-state index in [9.17, 15) is 4.79 Å². The predicted octanol–water partition coefficient (Wildman–Crippen LogP) is 0.421. The van der Waals surface area contributed by atoms with E-state index in [1.165, 1.54) is 7.11 Å². The van der Waals surface area contributed by atoms with Crippen LogP contribution in [0, 0.1) is 0 Å². The van der Waals surface area contributed by atoms with Crippen LogP contribution in [0.3, 0.4) is 0 Å². The van der Waals surface area contributed by atoms with Gasteiger partial charge in [0.25, 0.3) is 0 Å². The molecule has 0 aliphatic carbocycles. The Bertz CT molecular complexity index is 453. The molecule has 2 rings (SSSR count). The zero-order valence-electron chi connectivity index (χ0n) is 11.2. The van der Waals surface area contributed by atoms with E-state index in [1.54, 1.807) is 19.4 Å². The molecule has 0 bridgehead atoms. The molecule has 104 valence electrons. The lowest BCUT2D eigenvalue weighted by Crippen LogP contribution is -2.51. The number of piperidine rings is 1. The molecule has 1 aliphatic rings. The average molecular weight is 265 g/mol. The lowest BCUT2D eigenvalue weighted by atomic mass is 10.0. The molecule has 2 heterocycles. The zero-order valence-corrected chi connectivity index (χ0v) is 11.2. The Labute approximate surface area is 112 Å². The number of nitrogens with two attached hydrogens (primary N) is 1. The molecular formula is C13H19N3O3. The molecule has 0 radical (unpaired) electrons. The van der Waals surface area contributed by atoms with Crippen LogP contribution in [0.25, 0.3) is 0 Å². The lowest BCUT2D eigenvalue weighted by Gasteiger charge is -2.37. The maximum absolute atomic E-state index is 11.5. The van der Waals surface area contributed by atoms with E-state index >= 15 is 0 Å². The summed E-state index contributed by atoms with van der Waals surface area (Å²) in [5, 5.41) is 0. The Morgan fingerprint density at radius 2 is 2.32 bits per heavy atom. The molecule has 1 aromatic rings. The largest absolute Gasteiger partial charge is 0.464 e. The van der Waals surface area contributed by atoms with E-state index in [0.717, 1.165) is 18.7 Å². The fraction of sp³-hybridized carbons (Fsp3) is 0.538. The Morgan fingerprint density at radius 3 is 3.00 bits per heavy atom. The van der Waals surface area contributed by atoms with Crippen molar-refractivity contribution >= 4 is 11.7 Å². The molecular weight excluding hydrogens is 246 g/mol. The van der Waals surface area contributed by atoms with Gasteiger partial charge in [-0.05, 0) is 18.6 Å². The number of carbonyl (C=O) groups is 1. The Hall–Kier alpha value is -1.66. The Balaban J connectivity index is 2.15. The van der Waals surface area contributed by atoms with Crippen molar-refractivity contribution in [2.45, 2.75) is 18.6 Å². The number of nitrogens with zero attached hydrogens (tertiary/aromatic N) is 2. The molecule has 0 spiro atoms. The molecule has 0 amide bonds. The van der Waals surface area contributed by atoms with Gasteiger partial charge in [0.05, 0.1) is 13.2 Å². The highest BCUT2D eigenvalue weighted by Gasteiger charge is 2.27. The maximum atomic E-state index is 11.5. The smallest absolute Gasteiger partial charge is 0.356 e. The van der Waals surface area contributed by atoms with Gasteiger partial charge in [0.2, 0.25) is 0 Å². The molecule has 0 aromatic carbocycles. The van der Waals surface area contributed by atoms with E-state index in [4.69, 9.17) is 10.5 Å². The molecule has 1 aromatic heterocycles. The standard InChI is InChI=1S/C13H19N3O3/c1-18-12-8-16(6-4-10(12)14)9-3-5-15-11(7-9)13(17)19-2/h3,5,7,10,12H,4,6,8,14H2,1-2H3/t10-,12+/m1/s1. The van der Waals surface area contributed by atoms with Gasteiger partial charge in [0, 0.05) is 38.1 Å². The summed E-state index contributed by atoms with van der Waals surface area (Å²) in [7, 11) is 3.01. The summed E-state index contributed by atoms with van der Waals surface area (Å²) in [6.45, 7) is 1.55. The van der Waals surface area contributed by atoms with Gasteiger partial charge in [0.1, 0.15) is 5.69 Å². The minimum absolute atomic E-state index is 0.00323. The molecule has 19 heavy (non-hydrogen) atoms. The quantitative estimate of drug-likeness (QED) is 0.798. The molecule has 6 nitrogen and oxygen atoms in total. The van der Waals surface area contributed by atoms with Crippen molar-refractivity contribution in [2.24, 2.45) is 5.73 Å². The second kappa shape index (κ2) is 5.99. The van der Waals surface area contributed by atoms with Gasteiger partial charge in [-0.1, -0.05) is 0 Å². The van der Waals surface area contributed by atoms with Crippen LogP contribution >= 0.6 is 0 Å². The molecule has 0 saturated carbocycles. The first-order valence-electron chi connectivity index (χ1n) is 6.23. The third-order valence-electron chi connectivity index (χ3n) is 3.42. The summed E-state index contributed by atoms with van der Waals surface area (Å²) in [4.78, 5) is 17.6. The van der Waals surface area contributed by atoms with Crippen molar-refractivity contribution in [1.29, 1.82) is 0 Å². The van der Waals surface area contributed by atoms with Crippen molar-refractivity contribution in [2.75, 3.05) is 32.2 Å². The summed E-state index contributed by atoms with van der Waals surface area (Å²) in [5.41, 5.74) is 7.24. The molecule has 1 fully saturated rings. The monoisotopic (exact) mass is 265 g/mol. The highest BCUT2D eigenvalue weighted by atomic mass is 16.5. The van der Waals surface area contributed by atoms with E-state index in [2.05, 4.69) is 14.6 Å². The minimum atomic E-state index is -0.432. The third kappa shape index (κ3) is 3.02. The fourth-order valence-electron chi connectivity index (χ4n) is 2.25. The number of carbonyl (C=O) groups excluding carboxylic acids is 1. The number of methoxy groups -OCH3 is 2. The number of pyridine rings is 1. The molecule has 1 aliphatic heterocycles. The van der Waals surface area contributed by atoms with Gasteiger partial charge < -0.3 is 20.1 Å². The number of rotatable bonds is 3. The van der Waals surface area contributed by atoms with Crippen LogP contribution in [0.4, 0.5) is 5.69 Å². The first kappa shape index (κ1) is 13.8. The molecule has 2 atom stereocenters. The van der Waals surface area contributed by atoms with Crippen LogP contribution in [0.2, 0.25) is 0 Å². The number of anilines is 1. The first-order valence-corrected chi connectivity index (χ1v) is 6.23. The van der Waals surface area contributed by atoms with E-state index in [-0.39, 0.29) is 12.1 Å². The fourth-order valence-corrected chi connectivity index (χ4v) is 2.25. The summed E-state index contributed by atoms with van der Waals surface area (Å²) < 4.78 is 10.1. The van der Waals surface area contributed by atoms with Crippen molar-refractivity contribution < 1.29 is 14.3 Å². The third-order valence-corrected chi connectivity index (χ3v) is 3.42. The van der Waals surface area contributed by atoms with Gasteiger partial charge in [-0.15, -0.1) is 0 Å². The summed E-state index contributed by atoms with van der Waals surface area (Å²) in [6.07, 6.45) is 2.47. The maximum Gasteiger partial charge on any atom is 0.356 e. The summed E-state index contributed by atoms with van der Waals surface area (Å²) >= 11 is 0. The van der Waals surface area contributed by atoms with Crippen molar-refractivity contribution in [1.82, 2.24) is 4.98 Å². The highest BCUT2D eigenvalue weighted by molar-refractivity contribution is 5.88. The van der Waals surface area contributed by atoms with E-state index in [0.29, 0.717) is 12.2 Å². The van der Waals surface area contributed by atoms with E-state index in [1.807, 2.05) is 6.07 Å². The second-order valence-corrected chi connectivity index (χ2v) is 4.56. The van der Waals surface area contributed by atoms with Crippen LogP contribution in [-0.4, -0.2) is 50.4 Å². The minimum Gasteiger partial charge on any atom is -0.464 e. The van der Waals surface area contributed by atoms with Crippen molar-refractivity contribution in [3.63, 3.8) is 0 Å². The Morgan fingerprint density at radius 1 is 1.53 bits per heavy atom. The normalized spacial score (nSPS) is 23.2. The molecule has 1 saturated heterocycles. The Kier molecular flexibility index (Phi) is 4.34. The van der Waals surface area contributed by atoms with Crippen LogP contribution < -0.4 is 10.6 Å². The molecule has 2 N–H and O–H groups in total. The SMILES string of the molecule is COC(=O)c1cc(N2CC[C@@H](N)[C@@H](OC)C2)ccn1. The number of aromatic nitrogens is 1. The van der Waals surface area contributed by atoms with E-state index < -0.39 is 5.97 Å². The first-order chi connectivity index (χ1) is 9.15. The molecule has 6 heteroatoms. The second-order valence-electron chi connectivity index (χ2n) is 4.56. The van der Waals surface area contributed by atoms with Crippen LogP contribution in [0.1, 0.15) is 16.9 Å². The van der Waals surface area contributed by atoms with Crippen molar-refractivity contribution in [3.05, 3.63) is 24.0 Å². The average Bonchev–Trinajstić information content (AvgIpc) is 2.47. The topological polar surface area (TPSA) is 77.7 Å². The van der Waals surface area contributed by atoms with Crippen LogP contribution in [-0.2, 0) is 9.47 Å². The molecule has 0 unspecified atom stereocenters. The van der Waals surface area contributed by atoms with Crippen LogP contribution in [0.15, 0.2) is 18.3 Å². The zero-order chi connectivity index (χ0) is 13.8. The van der Waals surface area contributed by atoms with Crippen LogP contribution in [0.5, 0.6) is 0 Å². The number of hydrogen-bond donors (Lipinski definition) is 1. The number of ether oxygens (including phenoxy) is 2. The van der Waals surface area contributed by atoms with Gasteiger partial charge in [-0.25, -0.2) is 9.78 Å². The summed E-state index contributed by atoms with van der Waals surface area (Å²) in [5.74, 6) is -0.432. The highest BCUT2D eigenvalue weighted by Crippen LogP contribution is 2.21. The lowest BCUT2D eigenvalue weighted by molar-refractivity contribution is 0.0594. The number of esters is 1. The number of hydrogen-bond acceptors (Lipinski definition) is 6. The van der Waals surface area contributed by atoms with Gasteiger partial charge in [-0.2, -0.15) is 0 Å². The van der Waals surface area contributed by atoms with Gasteiger partial charge in [0.15, 0.2) is 0 Å². The van der Waals surface area contributed by atoms with Gasteiger partial charge >= 0.3 is 5.97 Å². The summed E-state index contributed by atoms with van der Waals surface area (Å²) in [6, 6.07) is 3.66. The van der Waals surface area contributed by atoms with Gasteiger partial charge in [-0.3, -0.25) is 0 Å². The predicted molar refractivity (Wildman–Crippen MR) is 71.2 cm³/mol.